The summed E-state index contributed by atoms with van der Waals surface area (Å²) < 4.78 is 1.91. The normalized spacial score (nSPS) is 25.7. The number of thiophene rings is 1. The maximum Gasteiger partial charge on any atom is 0.339 e. The fourth-order valence-corrected chi connectivity index (χ4v) is 5.46. The number of rotatable bonds is 2. The van der Waals surface area contributed by atoms with Crippen molar-refractivity contribution in [2.75, 3.05) is 0 Å². The van der Waals surface area contributed by atoms with E-state index < -0.39 is 11.8 Å². The van der Waals surface area contributed by atoms with Crippen molar-refractivity contribution in [2.24, 2.45) is 17.3 Å². The number of aromatic nitrogens is 2. The fraction of sp³-hybridized carbons (Fsp3) is 0.409. The Morgan fingerprint density at radius 1 is 1.38 bits per heavy atom. The van der Waals surface area contributed by atoms with E-state index in [4.69, 9.17) is 16.7 Å². The van der Waals surface area contributed by atoms with Gasteiger partial charge in [0.1, 0.15) is 11.3 Å². The lowest BCUT2D eigenvalue weighted by Gasteiger charge is -2.42. The zero-order valence-corrected chi connectivity index (χ0v) is 18.2. The van der Waals surface area contributed by atoms with Crippen molar-refractivity contribution in [2.45, 2.75) is 40.2 Å². The van der Waals surface area contributed by atoms with Crippen molar-refractivity contribution in [3.05, 3.63) is 45.3 Å². The van der Waals surface area contributed by atoms with Gasteiger partial charge in [0.05, 0.1) is 10.7 Å². The number of carboxylic acid groups (broad SMARTS) is 1. The van der Waals surface area contributed by atoms with Crippen molar-refractivity contribution in [3.8, 4) is 11.3 Å². The van der Waals surface area contributed by atoms with Crippen molar-refractivity contribution in [1.82, 2.24) is 9.78 Å². The molecule has 3 heterocycles. The molecule has 2 aromatic rings. The van der Waals surface area contributed by atoms with Crippen LogP contribution in [0.25, 0.3) is 16.8 Å². The zero-order chi connectivity index (χ0) is 20.9. The van der Waals surface area contributed by atoms with Crippen LogP contribution < -0.4 is 0 Å². The third-order valence-corrected chi connectivity index (χ3v) is 6.98. The molecule has 2 aliphatic rings. The predicted molar refractivity (Wildman–Crippen MR) is 115 cm³/mol. The first kappa shape index (κ1) is 20.1. The van der Waals surface area contributed by atoms with Crippen LogP contribution in [-0.4, -0.2) is 26.6 Å². The smallest absolute Gasteiger partial charge is 0.339 e. The molecule has 0 fully saturated rings. The van der Waals surface area contributed by atoms with Gasteiger partial charge in [0.15, 0.2) is 5.78 Å². The van der Waals surface area contributed by atoms with Crippen molar-refractivity contribution in [1.29, 1.82) is 0 Å². The molecule has 1 aliphatic heterocycles. The summed E-state index contributed by atoms with van der Waals surface area (Å²) in [6.45, 7) is 7.31. The number of hydrogen-bond acceptors (Lipinski definition) is 4. The highest BCUT2D eigenvalue weighted by atomic mass is 35.5. The third kappa shape index (κ3) is 3.49. The average molecular weight is 431 g/mol. The van der Waals surface area contributed by atoms with Crippen LogP contribution in [0.1, 0.15) is 39.3 Å². The number of aliphatic carboxylic acids is 1. The Morgan fingerprint density at radius 3 is 2.76 bits per heavy atom. The van der Waals surface area contributed by atoms with Crippen molar-refractivity contribution < 1.29 is 14.7 Å². The quantitative estimate of drug-likeness (QED) is 0.655. The highest BCUT2D eigenvalue weighted by Gasteiger charge is 2.42. The molecule has 1 unspecified atom stereocenters. The molecule has 5 nitrogen and oxygen atoms in total. The summed E-state index contributed by atoms with van der Waals surface area (Å²) in [7, 11) is 0. The van der Waals surface area contributed by atoms with Crippen LogP contribution in [0.5, 0.6) is 0 Å². The molecule has 7 heteroatoms. The van der Waals surface area contributed by atoms with Crippen LogP contribution in [0, 0.1) is 17.3 Å². The van der Waals surface area contributed by atoms with E-state index in [2.05, 4.69) is 20.8 Å². The number of carbonyl (C=O) groups excluding carboxylic acids is 1. The van der Waals surface area contributed by atoms with Crippen LogP contribution in [0.4, 0.5) is 0 Å². The predicted octanol–water partition coefficient (Wildman–Crippen LogP) is 5.31. The Morgan fingerprint density at radius 2 is 2.14 bits per heavy atom. The van der Waals surface area contributed by atoms with E-state index in [9.17, 15) is 14.7 Å². The SMILES string of the molecule is CC(C)(C)[C@@H]1Cn2nc(-c3ccsc3)c(Cl)c2/C2=C/C(=O)/C(C(=O)O)=C\CCC21. The lowest BCUT2D eigenvalue weighted by atomic mass is 9.66. The largest absolute Gasteiger partial charge is 0.478 e. The first-order valence-electron chi connectivity index (χ1n) is 9.67. The highest BCUT2D eigenvalue weighted by molar-refractivity contribution is 7.08. The van der Waals surface area contributed by atoms with E-state index in [0.29, 0.717) is 23.7 Å². The van der Waals surface area contributed by atoms with Gasteiger partial charge in [0.25, 0.3) is 0 Å². The number of nitrogens with zero attached hydrogens (tertiary/aromatic N) is 2. The molecule has 2 aromatic heterocycles. The summed E-state index contributed by atoms with van der Waals surface area (Å²) >= 11 is 8.37. The summed E-state index contributed by atoms with van der Waals surface area (Å²) in [5.74, 6) is -1.30. The molecule has 1 aliphatic carbocycles. The van der Waals surface area contributed by atoms with Gasteiger partial charge in [0, 0.05) is 17.5 Å². The number of ketones is 1. The molecule has 2 atom stereocenters. The van der Waals surface area contributed by atoms with Gasteiger partial charge in [-0.1, -0.05) is 38.4 Å². The minimum absolute atomic E-state index is 0.00992. The van der Waals surface area contributed by atoms with Crippen LogP contribution in [0.2, 0.25) is 5.02 Å². The Bertz CT molecular complexity index is 1040. The van der Waals surface area contributed by atoms with Gasteiger partial charge in [-0.25, -0.2) is 4.79 Å². The second kappa shape index (κ2) is 7.26. The number of halogens is 1. The minimum atomic E-state index is -1.19. The first-order valence-corrected chi connectivity index (χ1v) is 11.0. The Hall–Kier alpha value is -2.18. The van der Waals surface area contributed by atoms with E-state index >= 15 is 0 Å². The van der Waals surface area contributed by atoms with Gasteiger partial charge < -0.3 is 5.11 Å². The maximum atomic E-state index is 12.8. The maximum absolute atomic E-state index is 12.8. The Balaban J connectivity index is 1.92. The van der Waals surface area contributed by atoms with Crippen molar-refractivity contribution in [3.63, 3.8) is 0 Å². The lowest BCUT2D eigenvalue weighted by Crippen LogP contribution is -2.38. The number of hydrogen-bond donors (Lipinski definition) is 1. The molecule has 0 radical (unpaired) electrons. The summed E-state index contributed by atoms with van der Waals surface area (Å²) in [4.78, 5) is 24.3. The number of carboxylic acids is 1. The lowest BCUT2D eigenvalue weighted by molar-refractivity contribution is -0.134. The highest BCUT2D eigenvalue weighted by Crippen LogP contribution is 2.50. The number of carbonyl (C=O) groups is 2. The molecule has 0 aromatic carbocycles. The molecule has 0 bridgehead atoms. The summed E-state index contributed by atoms with van der Waals surface area (Å²) in [6, 6.07) is 1.98. The molecule has 4 rings (SSSR count). The summed E-state index contributed by atoms with van der Waals surface area (Å²) in [5, 5.41) is 18.7. The number of fused-ring (bicyclic) bond motifs is 3. The van der Waals surface area contributed by atoms with E-state index in [1.165, 1.54) is 6.08 Å². The van der Waals surface area contributed by atoms with Crippen LogP contribution in [0.15, 0.2) is 34.6 Å². The fourth-order valence-electron chi connectivity index (χ4n) is 4.47. The molecule has 0 saturated heterocycles. The topological polar surface area (TPSA) is 72.2 Å². The number of allylic oxidation sites excluding steroid dienone is 3. The van der Waals surface area contributed by atoms with Gasteiger partial charge in [0.2, 0.25) is 0 Å². The van der Waals surface area contributed by atoms with E-state index in [1.807, 2.05) is 21.5 Å². The molecule has 0 spiro atoms. The second-order valence-corrected chi connectivity index (χ2v) is 9.91. The molecule has 152 valence electrons. The van der Waals surface area contributed by atoms with E-state index in [-0.39, 0.29) is 22.8 Å². The Labute approximate surface area is 178 Å². The Kier molecular flexibility index (Phi) is 5.03. The van der Waals surface area contributed by atoms with E-state index in [1.54, 1.807) is 17.4 Å². The molecule has 1 N–H and O–H groups in total. The first-order chi connectivity index (χ1) is 13.7. The summed E-state index contributed by atoms with van der Waals surface area (Å²) in [5.41, 5.74) is 3.04. The monoisotopic (exact) mass is 430 g/mol. The molecule has 0 amide bonds. The minimum Gasteiger partial charge on any atom is -0.478 e. The van der Waals surface area contributed by atoms with Gasteiger partial charge in [-0.3, -0.25) is 9.48 Å². The molecular formula is C22H23ClN2O3S. The van der Waals surface area contributed by atoms with Gasteiger partial charge in [-0.15, -0.1) is 0 Å². The zero-order valence-electron chi connectivity index (χ0n) is 16.6. The van der Waals surface area contributed by atoms with Gasteiger partial charge in [-0.05, 0) is 53.2 Å². The second-order valence-electron chi connectivity index (χ2n) is 8.75. The van der Waals surface area contributed by atoms with Gasteiger partial charge in [-0.2, -0.15) is 16.4 Å². The van der Waals surface area contributed by atoms with E-state index in [0.717, 1.165) is 23.3 Å². The third-order valence-electron chi connectivity index (χ3n) is 5.94. The van der Waals surface area contributed by atoms with Gasteiger partial charge >= 0.3 is 5.97 Å². The molecular weight excluding hydrogens is 408 g/mol. The standard InChI is InChI=1S/C22H23ClN2O3S/c1-22(2,3)16-10-25-20(18(23)19(24-25)12-7-8-29-11-12)15-9-17(26)14(21(27)28)6-4-5-13(15)16/h6-9,11,13,16H,4-5,10H2,1-3H3,(H,27,28)/b14-6+,15-9+/t13?,16-/m1/s1. The van der Waals surface area contributed by atoms with Crippen LogP contribution in [-0.2, 0) is 16.1 Å². The van der Waals surface area contributed by atoms with Crippen molar-refractivity contribution >= 4 is 40.3 Å². The van der Waals surface area contributed by atoms with Crippen LogP contribution >= 0.6 is 22.9 Å². The molecule has 29 heavy (non-hydrogen) atoms. The molecule has 0 saturated carbocycles. The summed E-state index contributed by atoms with van der Waals surface area (Å²) in [6.07, 6.45) is 4.36. The van der Waals surface area contributed by atoms with Crippen LogP contribution in [0.3, 0.4) is 0 Å². The average Bonchev–Trinajstić information content (AvgIpc) is 3.24.